The van der Waals surface area contributed by atoms with Crippen molar-refractivity contribution in [3.63, 3.8) is 0 Å². The summed E-state index contributed by atoms with van der Waals surface area (Å²) in [6.07, 6.45) is 4.54. The number of anilines is 3. The van der Waals surface area contributed by atoms with Crippen LogP contribution in [0.4, 0.5) is 17.5 Å². The number of nitrogens with one attached hydrogen (secondary N) is 2. The van der Waals surface area contributed by atoms with Crippen LogP contribution < -0.4 is 27.0 Å². The predicted molar refractivity (Wildman–Crippen MR) is 126 cm³/mol. The van der Waals surface area contributed by atoms with Crippen molar-refractivity contribution >= 4 is 40.6 Å². The fourth-order valence-electron chi connectivity index (χ4n) is 4.18. The maximum absolute atomic E-state index is 12.8. The minimum absolute atomic E-state index is 0.0263. The summed E-state index contributed by atoms with van der Waals surface area (Å²) in [4.78, 5) is 40.5. The maximum Gasteiger partial charge on any atom is 0.272 e. The summed E-state index contributed by atoms with van der Waals surface area (Å²) in [5.74, 6) is 2.30. The number of aromatic nitrogens is 4. The van der Waals surface area contributed by atoms with Crippen LogP contribution in [0.5, 0.6) is 0 Å². The highest BCUT2D eigenvalue weighted by molar-refractivity contribution is 7.13. The number of imidazole rings is 1. The minimum atomic E-state index is -0.744. The molecule has 0 aromatic carbocycles. The highest BCUT2D eigenvalue weighted by atomic mass is 32.1. The van der Waals surface area contributed by atoms with E-state index in [0.717, 1.165) is 41.3 Å². The van der Waals surface area contributed by atoms with Crippen LogP contribution in [-0.4, -0.2) is 51.1 Å². The van der Waals surface area contributed by atoms with Gasteiger partial charge < -0.3 is 31.6 Å². The second-order valence-electron chi connectivity index (χ2n) is 8.36. The van der Waals surface area contributed by atoms with Gasteiger partial charge in [0.1, 0.15) is 22.7 Å². The molecular formula is C21H25N9O2S. The number of hydrogen-bond donors (Lipinski definition) is 4. The van der Waals surface area contributed by atoms with Crippen LogP contribution in [0.3, 0.4) is 0 Å². The number of hydrogen-bond acceptors (Lipinski definition) is 9. The van der Waals surface area contributed by atoms with Gasteiger partial charge in [0, 0.05) is 30.2 Å². The van der Waals surface area contributed by atoms with Crippen molar-refractivity contribution in [2.45, 2.75) is 19.4 Å². The van der Waals surface area contributed by atoms with Gasteiger partial charge in [-0.1, -0.05) is 0 Å². The molecule has 33 heavy (non-hydrogen) atoms. The Balaban J connectivity index is 1.25. The third-order valence-corrected chi connectivity index (χ3v) is 7.04. The molecule has 1 aliphatic carbocycles. The van der Waals surface area contributed by atoms with Gasteiger partial charge in [0.2, 0.25) is 5.91 Å². The van der Waals surface area contributed by atoms with Gasteiger partial charge in [0.25, 0.3) is 5.91 Å². The molecule has 4 heterocycles. The molecule has 2 unspecified atom stereocenters. The van der Waals surface area contributed by atoms with Crippen molar-refractivity contribution in [3.8, 4) is 10.6 Å². The second-order valence-corrected chi connectivity index (χ2v) is 9.22. The van der Waals surface area contributed by atoms with E-state index in [1.54, 1.807) is 12.3 Å². The van der Waals surface area contributed by atoms with Crippen molar-refractivity contribution in [3.05, 3.63) is 35.7 Å². The van der Waals surface area contributed by atoms with Crippen molar-refractivity contribution in [2.24, 2.45) is 17.6 Å². The van der Waals surface area contributed by atoms with E-state index in [-0.39, 0.29) is 24.1 Å². The van der Waals surface area contributed by atoms with Crippen LogP contribution in [0.2, 0.25) is 0 Å². The van der Waals surface area contributed by atoms with Gasteiger partial charge in [-0.25, -0.2) is 15.0 Å². The lowest BCUT2D eigenvalue weighted by Crippen LogP contribution is -2.33. The van der Waals surface area contributed by atoms with Crippen molar-refractivity contribution in [1.82, 2.24) is 24.8 Å². The minimum Gasteiger partial charge on any atom is -0.382 e. The largest absolute Gasteiger partial charge is 0.382 e. The summed E-state index contributed by atoms with van der Waals surface area (Å²) in [6.45, 7) is 3.79. The summed E-state index contributed by atoms with van der Waals surface area (Å²) in [7, 11) is 0. The molecule has 0 spiro atoms. The predicted octanol–water partition coefficient (Wildman–Crippen LogP) is 1.29. The van der Waals surface area contributed by atoms with Gasteiger partial charge in [0.05, 0.1) is 13.0 Å². The summed E-state index contributed by atoms with van der Waals surface area (Å²) in [5, 5.41) is 7.79. The SMILES string of the molecule is C[C@@H](C(=O)Nc1csc(-c2ccc(N3CC4CC4C3)nc2)n1)n1cnc(N)c1C(=O)NCN. The van der Waals surface area contributed by atoms with E-state index in [4.69, 9.17) is 11.5 Å². The Kier molecular flexibility index (Phi) is 5.46. The molecule has 2 amide bonds. The molecule has 1 aliphatic heterocycles. The number of carbonyl (C=O) groups excluding carboxylic acids is 2. The Bertz CT molecular complexity index is 1180. The molecule has 6 N–H and O–H groups in total. The second kappa shape index (κ2) is 8.45. The molecule has 2 aliphatic rings. The fourth-order valence-corrected chi connectivity index (χ4v) is 4.93. The van der Waals surface area contributed by atoms with Gasteiger partial charge >= 0.3 is 0 Å². The van der Waals surface area contributed by atoms with Crippen molar-refractivity contribution < 1.29 is 9.59 Å². The highest BCUT2D eigenvalue weighted by Crippen LogP contribution is 2.46. The average molecular weight is 468 g/mol. The maximum atomic E-state index is 12.8. The first-order valence-electron chi connectivity index (χ1n) is 10.7. The fraction of sp³-hybridized carbons (Fsp3) is 0.381. The van der Waals surface area contributed by atoms with Gasteiger partial charge in [-0.05, 0) is 37.3 Å². The zero-order valence-corrected chi connectivity index (χ0v) is 18.9. The quantitative estimate of drug-likeness (QED) is 0.379. The van der Waals surface area contributed by atoms with E-state index in [2.05, 4.69) is 30.5 Å². The first-order chi connectivity index (χ1) is 15.9. The van der Waals surface area contributed by atoms with E-state index in [1.165, 1.54) is 28.7 Å². The molecular weight excluding hydrogens is 442 g/mol. The molecule has 172 valence electrons. The van der Waals surface area contributed by atoms with Crippen LogP contribution in [-0.2, 0) is 4.79 Å². The summed E-state index contributed by atoms with van der Waals surface area (Å²) in [5.41, 5.74) is 12.2. The monoisotopic (exact) mass is 467 g/mol. The standard InChI is InChI=1S/C21H25N9O2S/c1-11(30-10-26-18(23)17(30)20(32)25-9-22)19(31)27-15-8-33-21(28-15)12-2-3-16(24-5-12)29-6-13-4-14(13)7-29/h2-3,5,8,10-11,13-14H,4,6-7,9,22-23H2,1H3,(H,25,32)(H,27,31)/t11-,13?,14?/m0/s1. The first kappa shape index (κ1) is 21.3. The number of carbonyl (C=O) groups is 2. The Morgan fingerprint density at radius 3 is 2.76 bits per heavy atom. The lowest BCUT2D eigenvalue weighted by Gasteiger charge is -2.18. The first-order valence-corrected chi connectivity index (χ1v) is 11.6. The third-order valence-electron chi connectivity index (χ3n) is 6.15. The number of nitrogen functional groups attached to an aromatic ring is 1. The van der Waals surface area contributed by atoms with Crippen LogP contribution >= 0.6 is 11.3 Å². The van der Waals surface area contributed by atoms with Gasteiger partial charge in [0.15, 0.2) is 11.5 Å². The molecule has 12 heteroatoms. The van der Waals surface area contributed by atoms with Crippen molar-refractivity contribution in [1.29, 1.82) is 0 Å². The zero-order chi connectivity index (χ0) is 23.1. The van der Waals surface area contributed by atoms with E-state index >= 15 is 0 Å². The normalized spacial score (nSPS) is 19.8. The van der Waals surface area contributed by atoms with E-state index < -0.39 is 11.9 Å². The van der Waals surface area contributed by atoms with Gasteiger partial charge in [-0.2, -0.15) is 0 Å². The number of nitrogens with two attached hydrogens (primary N) is 2. The summed E-state index contributed by atoms with van der Waals surface area (Å²) < 4.78 is 1.41. The molecule has 1 saturated carbocycles. The molecule has 1 saturated heterocycles. The van der Waals surface area contributed by atoms with E-state index in [1.807, 2.05) is 18.3 Å². The molecule has 0 radical (unpaired) electrons. The molecule has 5 rings (SSSR count). The lowest BCUT2D eigenvalue weighted by molar-refractivity contribution is -0.118. The molecule has 11 nitrogen and oxygen atoms in total. The van der Waals surface area contributed by atoms with Crippen molar-refractivity contribution in [2.75, 3.05) is 35.7 Å². The number of amides is 2. The Labute approximate surface area is 194 Å². The summed E-state index contributed by atoms with van der Waals surface area (Å²) >= 11 is 1.42. The average Bonchev–Trinajstić information content (AvgIpc) is 3.17. The van der Waals surface area contributed by atoms with Crippen LogP contribution in [0.15, 0.2) is 30.0 Å². The Hall–Kier alpha value is -3.51. The van der Waals surface area contributed by atoms with Gasteiger partial charge in [-0.3, -0.25) is 9.59 Å². The van der Waals surface area contributed by atoms with E-state index in [9.17, 15) is 9.59 Å². The highest BCUT2D eigenvalue weighted by Gasteiger charge is 2.45. The number of thiazole rings is 1. The topological polar surface area (TPSA) is 157 Å². The zero-order valence-electron chi connectivity index (χ0n) is 18.1. The summed E-state index contributed by atoms with van der Waals surface area (Å²) in [6, 6.07) is 3.29. The molecule has 2 fully saturated rings. The number of pyridine rings is 1. The Morgan fingerprint density at radius 2 is 2.06 bits per heavy atom. The number of nitrogens with zero attached hydrogens (tertiary/aromatic N) is 5. The number of piperidine rings is 1. The van der Waals surface area contributed by atoms with Gasteiger partial charge in [-0.15, -0.1) is 11.3 Å². The van der Waals surface area contributed by atoms with Crippen LogP contribution in [0.1, 0.15) is 29.9 Å². The lowest BCUT2D eigenvalue weighted by atomic mass is 10.2. The molecule has 3 aromatic heterocycles. The van der Waals surface area contributed by atoms with E-state index in [0.29, 0.717) is 5.82 Å². The number of fused-ring (bicyclic) bond motifs is 1. The van der Waals surface area contributed by atoms with Crippen LogP contribution in [0, 0.1) is 11.8 Å². The number of rotatable bonds is 7. The third kappa shape index (κ3) is 4.14. The Morgan fingerprint density at radius 1 is 1.27 bits per heavy atom. The molecule has 3 aromatic rings. The molecule has 0 bridgehead atoms. The van der Waals surface area contributed by atoms with Crippen LogP contribution in [0.25, 0.3) is 10.6 Å². The molecule has 3 atom stereocenters. The smallest absolute Gasteiger partial charge is 0.272 e.